The third-order valence-corrected chi connectivity index (χ3v) is 3.89. The van der Waals surface area contributed by atoms with Crippen molar-refractivity contribution in [3.05, 3.63) is 45.7 Å². The predicted octanol–water partition coefficient (Wildman–Crippen LogP) is 2.93. The van der Waals surface area contributed by atoms with Gasteiger partial charge in [-0.2, -0.15) is 10.2 Å². The maximum absolute atomic E-state index is 6.41. The Kier molecular flexibility index (Phi) is 6.99. The van der Waals surface area contributed by atoms with Crippen molar-refractivity contribution >= 4 is 46.7 Å². The van der Waals surface area contributed by atoms with Gasteiger partial charge in [-0.3, -0.25) is 5.43 Å². The van der Waals surface area contributed by atoms with E-state index in [-0.39, 0.29) is 0 Å². The van der Waals surface area contributed by atoms with Gasteiger partial charge in [0, 0.05) is 18.7 Å². The molecule has 0 fully saturated rings. The van der Waals surface area contributed by atoms with E-state index in [0.717, 1.165) is 11.4 Å². The molecule has 0 saturated carbocycles. The first kappa shape index (κ1) is 18.7. The average molecular weight is 386 g/mol. The highest BCUT2D eigenvalue weighted by molar-refractivity contribution is 7.80. The Balaban J connectivity index is 2.09. The second-order valence-corrected chi connectivity index (χ2v) is 6.00. The molecule has 1 heterocycles. The van der Waals surface area contributed by atoms with Crippen LogP contribution in [0.5, 0.6) is 0 Å². The van der Waals surface area contributed by atoms with Gasteiger partial charge in [-0.25, -0.2) is 4.68 Å². The summed E-state index contributed by atoms with van der Waals surface area (Å²) in [4.78, 5) is 0. The zero-order valence-corrected chi connectivity index (χ0v) is 15.5. The van der Waals surface area contributed by atoms with Crippen LogP contribution in [0, 0.1) is 6.92 Å². The van der Waals surface area contributed by atoms with Gasteiger partial charge in [0.2, 0.25) is 0 Å². The van der Waals surface area contributed by atoms with Crippen molar-refractivity contribution in [3.8, 4) is 5.69 Å². The highest BCUT2D eigenvalue weighted by atomic mass is 35.5. The highest BCUT2D eigenvalue weighted by Crippen LogP contribution is 2.23. The van der Waals surface area contributed by atoms with Gasteiger partial charge in [-0.1, -0.05) is 29.3 Å². The van der Waals surface area contributed by atoms with E-state index >= 15 is 0 Å². The lowest BCUT2D eigenvalue weighted by molar-refractivity contribution is 0.204. The van der Waals surface area contributed by atoms with Crippen molar-refractivity contribution in [1.29, 1.82) is 0 Å². The van der Waals surface area contributed by atoms with Crippen LogP contribution < -0.4 is 10.7 Å². The molecule has 128 valence electrons. The summed E-state index contributed by atoms with van der Waals surface area (Å²) < 4.78 is 6.53. The second kappa shape index (κ2) is 8.98. The maximum Gasteiger partial charge on any atom is 0.187 e. The van der Waals surface area contributed by atoms with Gasteiger partial charge in [0.05, 0.1) is 29.8 Å². The van der Waals surface area contributed by atoms with Crippen molar-refractivity contribution in [2.75, 3.05) is 20.3 Å². The molecule has 0 amide bonds. The molecule has 2 N–H and O–H groups in total. The number of methoxy groups -OCH3 is 1. The van der Waals surface area contributed by atoms with Crippen molar-refractivity contribution in [2.24, 2.45) is 5.10 Å². The Hall–Kier alpha value is -1.67. The summed E-state index contributed by atoms with van der Waals surface area (Å²) in [6.45, 7) is 3.01. The molecule has 1 aromatic heterocycles. The standard InChI is InChI=1S/C15H17Cl2N5OS/c1-10-13(9-19-20-15(24)18-6-7-23-2)14(17)22(21-10)12-5-3-4-11(16)8-12/h3-5,8-9H,6-7H2,1-2H3,(H2,18,20,24). The summed E-state index contributed by atoms with van der Waals surface area (Å²) >= 11 is 17.5. The second-order valence-electron chi connectivity index (χ2n) is 4.80. The van der Waals surface area contributed by atoms with Gasteiger partial charge in [-0.05, 0) is 37.3 Å². The SMILES string of the molecule is COCCNC(=S)NN=Cc1c(C)nn(-c2cccc(Cl)c2)c1Cl. The molecule has 2 rings (SSSR count). The van der Waals surface area contributed by atoms with Crippen LogP contribution in [0.3, 0.4) is 0 Å². The smallest absolute Gasteiger partial charge is 0.187 e. The number of nitrogens with zero attached hydrogens (tertiary/aromatic N) is 3. The van der Waals surface area contributed by atoms with Crippen molar-refractivity contribution < 1.29 is 4.74 Å². The van der Waals surface area contributed by atoms with Crippen molar-refractivity contribution in [1.82, 2.24) is 20.5 Å². The fourth-order valence-electron chi connectivity index (χ4n) is 1.90. The molecule has 0 radical (unpaired) electrons. The van der Waals surface area contributed by atoms with Crippen LogP contribution in [0.4, 0.5) is 0 Å². The molecule has 2 aromatic rings. The minimum Gasteiger partial charge on any atom is -0.383 e. The van der Waals surface area contributed by atoms with E-state index in [9.17, 15) is 0 Å². The van der Waals surface area contributed by atoms with Gasteiger partial charge in [0.15, 0.2) is 5.11 Å². The molecular formula is C15H17Cl2N5OS. The van der Waals surface area contributed by atoms with E-state index in [1.54, 1.807) is 30.1 Å². The van der Waals surface area contributed by atoms with E-state index in [1.807, 2.05) is 19.1 Å². The number of thiocarbonyl (C=S) groups is 1. The molecule has 0 aliphatic rings. The number of nitrogens with one attached hydrogen (secondary N) is 2. The van der Waals surface area contributed by atoms with Crippen LogP contribution in [-0.2, 0) is 4.74 Å². The maximum atomic E-state index is 6.41. The molecule has 0 aliphatic carbocycles. The fourth-order valence-corrected chi connectivity index (χ4v) is 2.56. The molecule has 0 atom stereocenters. The molecule has 0 bridgehead atoms. The zero-order valence-electron chi connectivity index (χ0n) is 13.2. The van der Waals surface area contributed by atoms with Crippen LogP contribution in [-0.4, -0.2) is 41.4 Å². The molecule has 0 aliphatic heterocycles. The summed E-state index contributed by atoms with van der Waals surface area (Å²) in [6.07, 6.45) is 1.58. The lowest BCUT2D eigenvalue weighted by Gasteiger charge is -2.05. The molecule has 0 spiro atoms. The summed E-state index contributed by atoms with van der Waals surface area (Å²) in [6, 6.07) is 7.29. The average Bonchev–Trinajstić information content (AvgIpc) is 2.83. The lowest BCUT2D eigenvalue weighted by atomic mass is 10.3. The molecule has 6 nitrogen and oxygen atoms in total. The van der Waals surface area contributed by atoms with Crippen LogP contribution in [0.1, 0.15) is 11.3 Å². The van der Waals surface area contributed by atoms with Crippen molar-refractivity contribution in [3.63, 3.8) is 0 Å². The minimum atomic E-state index is 0.402. The van der Waals surface area contributed by atoms with Crippen LogP contribution in [0.2, 0.25) is 10.2 Å². The molecule has 1 aromatic carbocycles. The van der Waals surface area contributed by atoms with Crippen LogP contribution in [0.15, 0.2) is 29.4 Å². The van der Waals surface area contributed by atoms with E-state index in [1.165, 1.54) is 0 Å². The Labute approximate surface area is 155 Å². The summed E-state index contributed by atoms with van der Waals surface area (Å²) in [5, 5.41) is 12.9. The summed E-state index contributed by atoms with van der Waals surface area (Å²) in [5.41, 5.74) is 4.94. The fraction of sp³-hybridized carbons (Fsp3) is 0.267. The van der Waals surface area contributed by atoms with Crippen LogP contribution in [0.25, 0.3) is 5.69 Å². The number of hydrogen-bond donors (Lipinski definition) is 2. The molecule has 0 saturated heterocycles. The number of ether oxygens (including phenoxy) is 1. The number of aromatic nitrogens is 2. The third kappa shape index (κ3) is 4.91. The predicted molar refractivity (Wildman–Crippen MR) is 102 cm³/mol. The number of aryl methyl sites for hydroxylation is 1. The van der Waals surface area contributed by atoms with E-state index in [0.29, 0.717) is 34.0 Å². The number of hydrazone groups is 1. The lowest BCUT2D eigenvalue weighted by Crippen LogP contribution is -2.34. The van der Waals surface area contributed by atoms with E-state index < -0.39 is 0 Å². The topological polar surface area (TPSA) is 63.5 Å². The molecular weight excluding hydrogens is 369 g/mol. The molecule has 9 heteroatoms. The normalized spacial score (nSPS) is 11.0. The number of hydrogen-bond acceptors (Lipinski definition) is 4. The first-order valence-corrected chi connectivity index (χ1v) is 8.26. The highest BCUT2D eigenvalue weighted by Gasteiger charge is 2.13. The summed E-state index contributed by atoms with van der Waals surface area (Å²) in [5.74, 6) is 0. The van der Waals surface area contributed by atoms with E-state index in [4.69, 9.17) is 40.2 Å². The first-order valence-electron chi connectivity index (χ1n) is 7.10. The monoisotopic (exact) mass is 385 g/mol. The van der Waals surface area contributed by atoms with Crippen LogP contribution >= 0.6 is 35.4 Å². The Morgan fingerprint density at radius 2 is 2.25 bits per heavy atom. The summed E-state index contributed by atoms with van der Waals surface area (Å²) in [7, 11) is 1.62. The number of benzene rings is 1. The minimum absolute atomic E-state index is 0.402. The Morgan fingerprint density at radius 1 is 1.46 bits per heavy atom. The third-order valence-electron chi connectivity index (χ3n) is 3.05. The number of halogens is 2. The Morgan fingerprint density at radius 3 is 2.96 bits per heavy atom. The largest absolute Gasteiger partial charge is 0.383 e. The zero-order chi connectivity index (χ0) is 17.5. The molecule has 0 unspecified atom stereocenters. The molecule has 24 heavy (non-hydrogen) atoms. The van der Waals surface area contributed by atoms with Gasteiger partial charge < -0.3 is 10.1 Å². The number of rotatable bonds is 6. The Bertz CT molecular complexity index is 747. The van der Waals surface area contributed by atoms with Gasteiger partial charge in [0.1, 0.15) is 5.15 Å². The van der Waals surface area contributed by atoms with Gasteiger partial charge >= 0.3 is 0 Å². The quantitative estimate of drug-likeness (QED) is 0.346. The first-order chi connectivity index (χ1) is 11.5. The van der Waals surface area contributed by atoms with E-state index in [2.05, 4.69) is 20.9 Å². The van der Waals surface area contributed by atoms with Gasteiger partial charge in [0.25, 0.3) is 0 Å². The van der Waals surface area contributed by atoms with Gasteiger partial charge in [-0.15, -0.1) is 0 Å². The van der Waals surface area contributed by atoms with Crippen molar-refractivity contribution in [2.45, 2.75) is 6.92 Å².